The highest BCUT2D eigenvalue weighted by atomic mass is 16.3. The Labute approximate surface area is 196 Å². The molecule has 3 aromatic rings. The average molecular weight is 459 g/mol. The molecule has 2 bridgehead atoms. The highest BCUT2D eigenvalue weighted by Gasteiger charge is 2.57. The van der Waals surface area contributed by atoms with Gasteiger partial charge in [0.2, 0.25) is 11.8 Å². The van der Waals surface area contributed by atoms with E-state index in [0.29, 0.717) is 17.9 Å². The topological polar surface area (TPSA) is 105 Å². The zero-order chi connectivity index (χ0) is 23.7. The first-order chi connectivity index (χ1) is 16.6. The molecule has 0 aliphatic carbocycles. The number of rotatable bonds is 6. The van der Waals surface area contributed by atoms with E-state index in [1.807, 2.05) is 36.4 Å². The minimum atomic E-state index is -0.679. The molecular weight excluding hydrogens is 432 g/mol. The maximum absolute atomic E-state index is 13.5. The molecule has 8 nitrogen and oxygen atoms in total. The molecule has 5 rings (SSSR count). The maximum atomic E-state index is 13.5. The second-order valence-corrected chi connectivity index (χ2v) is 8.79. The predicted octanol–water partition coefficient (Wildman–Crippen LogP) is 1.29. The number of pyridine rings is 2. The number of fused-ring (bicyclic) bond motifs is 4. The van der Waals surface area contributed by atoms with Gasteiger partial charge in [-0.1, -0.05) is 42.5 Å². The largest absolute Gasteiger partial charge is 0.396 e. The third-order valence-electron chi connectivity index (χ3n) is 6.88. The Hall–Kier alpha value is -3.78. The van der Waals surface area contributed by atoms with Crippen molar-refractivity contribution >= 4 is 11.8 Å². The smallest absolute Gasteiger partial charge is 0.250 e. The van der Waals surface area contributed by atoms with Crippen LogP contribution < -0.4 is 10.9 Å². The van der Waals surface area contributed by atoms with Gasteiger partial charge in [-0.05, 0) is 23.8 Å². The number of carbonyl (C=O) groups excluding carboxylic acids is 2. The molecule has 4 heterocycles. The van der Waals surface area contributed by atoms with Gasteiger partial charge >= 0.3 is 0 Å². The number of carbonyl (C=O) groups is 2. The lowest BCUT2D eigenvalue weighted by atomic mass is 9.86. The standard InChI is InChI=1S/C26H26N4O4/c31-16-19-21-15-29-20(10-6-11-22(29)32)25(30(21)23(33)13-18-9-4-5-12-27-18)24(19)26(34)28-14-17-7-2-1-3-8-17/h1-12,19,21,24-25,31H,13-16H2,(H,28,34)/t19-,21-,24+,25+/m1/s1. The lowest BCUT2D eigenvalue weighted by molar-refractivity contribution is -0.136. The number of benzene rings is 1. The van der Waals surface area contributed by atoms with E-state index in [-0.39, 0.29) is 36.9 Å². The van der Waals surface area contributed by atoms with Crippen LogP contribution in [0.1, 0.15) is 23.0 Å². The van der Waals surface area contributed by atoms with Crippen molar-refractivity contribution in [3.05, 3.63) is 100 Å². The Balaban J connectivity index is 1.50. The molecule has 0 radical (unpaired) electrons. The fraction of sp³-hybridized carbons (Fsp3) is 0.308. The van der Waals surface area contributed by atoms with E-state index in [0.717, 1.165) is 5.56 Å². The lowest BCUT2D eigenvalue weighted by Gasteiger charge is -2.38. The number of amides is 2. The first-order valence-corrected chi connectivity index (χ1v) is 11.4. The second-order valence-electron chi connectivity index (χ2n) is 8.79. The molecule has 2 N–H and O–H groups in total. The molecule has 4 atom stereocenters. The van der Waals surface area contributed by atoms with Crippen LogP contribution in [0.15, 0.2) is 77.7 Å². The molecule has 2 aliphatic heterocycles. The Bertz CT molecular complexity index is 1240. The third kappa shape index (κ3) is 3.90. The second kappa shape index (κ2) is 9.23. The molecule has 1 aromatic carbocycles. The van der Waals surface area contributed by atoms with Crippen LogP contribution >= 0.6 is 0 Å². The molecule has 8 heteroatoms. The minimum Gasteiger partial charge on any atom is -0.396 e. The summed E-state index contributed by atoms with van der Waals surface area (Å²) in [6, 6.07) is 18.8. The normalized spacial score (nSPS) is 22.8. The number of nitrogens with zero attached hydrogens (tertiary/aromatic N) is 3. The maximum Gasteiger partial charge on any atom is 0.250 e. The van der Waals surface area contributed by atoms with Gasteiger partial charge in [0.1, 0.15) is 0 Å². The van der Waals surface area contributed by atoms with Crippen molar-refractivity contribution in [1.29, 1.82) is 0 Å². The summed E-state index contributed by atoms with van der Waals surface area (Å²) in [6.45, 7) is 0.322. The van der Waals surface area contributed by atoms with E-state index in [2.05, 4.69) is 10.3 Å². The number of hydrogen-bond donors (Lipinski definition) is 2. The highest BCUT2D eigenvalue weighted by Crippen LogP contribution is 2.48. The van der Waals surface area contributed by atoms with Crippen LogP contribution in [0.3, 0.4) is 0 Å². The summed E-state index contributed by atoms with van der Waals surface area (Å²) >= 11 is 0. The van der Waals surface area contributed by atoms with Gasteiger partial charge in [-0.15, -0.1) is 0 Å². The van der Waals surface area contributed by atoms with Crippen molar-refractivity contribution in [3.8, 4) is 0 Å². The zero-order valence-corrected chi connectivity index (χ0v) is 18.6. The quantitative estimate of drug-likeness (QED) is 0.579. The van der Waals surface area contributed by atoms with E-state index < -0.39 is 23.9 Å². The van der Waals surface area contributed by atoms with Crippen LogP contribution in [0.4, 0.5) is 0 Å². The average Bonchev–Trinajstić information content (AvgIpc) is 3.11. The van der Waals surface area contributed by atoms with Crippen molar-refractivity contribution in [2.24, 2.45) is 11.8 Å². The molecule has 1 fully saturated rings. The molecule has 0 spiro atoms. The molecule has 0 unspecified atom stereocenters. The monoisotopic (exact) mass is 458 g/mol. The van der Waals surface area contributed by atoms with Gasteiger partial charge in [0.05, 0.1) is 24.4 Å². The van der Waals surface area contributed by atoms with Crippen molar-refractivity contribution in [1.82, 2.24) is 19.8 Å². The van der Waals surface area contributed by atoms with Gasteiger partial charge in [-0.25, -0.2) is 0 Å². The van der Waals surface area contributed by atoms with Crippen molar-refractivity contribution < 1.29 is 14.7 Å². The minimum absolute atomic E-state index is 0.0847. The third-order valence-corrected chi connectivity index (χ3v) is 6.88. The molecule has 174 valence electrons. The van der Waals surface area contributed by atoms with Crippen LogP contribution in [-0.4, -0.2) is 44.0 Å². The van der Waals surface area contributed by atoms with Crippen LogP contribution in [0.25, 0.3) is 0 Å². The Morgan fingerprint density at radius 1 is 1.03 bits per heavy atom. The Kier molecular flexibility index (Phi) is 5.98. The van der Waals surface area contributed by atoms with Gasteiger partial charge in [0.25, 0.3) is 5.56 Å². The summed E-state index contributed by atoms with van der Waals surface area (Å²) < 4.78 is 1.63. The fourth-order valence-corrected chi connectivity index (χ4v) is 5.35. The van der Waals surface area contributed by atoms with Gasteiger partial charge < -0.3 is 19.9 Å². The fourth-order valence-electron chi connectivity index (χ4n) is 5.35. The highest BCUT2D eigenvalue weighted by molar-refractivity contribution is 5.85. The van der Waals surface area contributed by atoms with Gasteiger partial charge in [0, 0.05) is 49.3 Å². The van der Waals surface area contributed by atoms with Crippen LogP contribution in [-0.2, 0) is 29.1 Å². The van der Waals surface area contributed by atoms with Gasteiger partial charge in [-0.2, -0.15) is 0 Å². The summed E-state index contributed by atoms with van der Waals surface area (Å²) in [4.78, 5) is 45.6. The van der Waals surface area contributed by atoms with E-state index in [4.69, 9.17) is 0 Å². The Morgan fingerprint density at radius 3 is 2.56 bits per heavy atom. The van der Waals surface area contributed by atoms with E-state index >= 15 is 0 Å². The van der Waals surface area contributed by atoms with Crippen LogP contribution in [0.5, 0.6) is 0 Å². The molecule has 1 saturated heterocycles. The molecule has 34 heavy (non-hydrogen) atoms. The van der Waals surface area contributed by atoms with Crippen molar-refractivity contribution in [2.75, 3.05) is 6.61 Å². The SMILES string of the molecule is O=C(NCc1ccccc1)[C@H]1[C@H](CO)[C@H]2Cn3c(cccc3=O)[C@@H]1N2C(=O)Cc1ccccn1. The summed E-state index contributed by atoms with van der Waals surface area (Å²) in [5.74, 6) is -1.58. The van der Waals surface area contributed by atoms with Crippen LogP contribution in [0.2, 0.25) is 0 Å². The Morgan fingerprint density at radius 2 is 1.82 bits per heavy atom. The lowest BCUT2D eigenvalue weighted by Crippen LogP contribution is -2.49. The van der Waals surface area contributed by atoms with Gasteiger partial charge in [-0.3, -0.25) is 19.4 Å². The summed E-state index contributed by atoms with van der Waals surface area (Å²) in [5, 5.41) is 13.3. The molecule has 2 amide bonds. The van der Waals surface area contributed by atoms with E-state index in [1.165, 1.54) is 6.07 Å². The first kappa shape index (κ1) is 22.0. The number of nitrogens with one attached hydrogen (secondary N) is 1. The predicted molar refractivity (Wildman–Crippen MR) is 124 cm³/mol. The molecular formula is C26H26N4O4. The molecule has 2 aromatic heterocycles. The first-order valence-electron chi connectivity index (χ1n) is 11.4. The summed E-state index contributed by atoms with van der Waals surface area (Å²) in [6.07, 6.45) is 1.72. The van der Waals surface area contributed by atoms with Crippen LogP contribution in [0, 0.1) is 11.8 Å². The van der Waals surface area contributed by atoms with Gasteiger partial charge in [0.15, 0.2) is 0 Å². The number of aliphatic hydroxyl groups is 1. The number of hydrogen-bond acceptors (Lipinski definition) is 5. The summed E-state index contributed by atoms with van der Waals surface area (Å²) in [7, 11) is 0. The zero-order valence-electron chi connectivity index (χ0n) is 18.6. The summed E-state index contributed by atoms with van der Waals surface area (Å²) in [5.41, 5.74) is 2.03. The molecule has 0 saturated carbocycles. The van der Waals surface area contributed by atoms with E-state index in [9.17, 15) is 19.5 Å². The molecule has 2 aliphatic rings. The van der Waals surface area contributed by atoms with E-state index in [1.54, 1.807) is 39.9 Å². The number of aliphatic hydroxyl groups excluding tert-OH is 1. The number of aromatic nitrogens is 2. The van der Waals surface area contributed by atoms with Crippen molar-refractivity contribution in [3.63, 3.8) is 0 Å². The van der Waals surface area contributed by atoms with Crippen molar-refractivity contribution in [2.45, 2.75) is 31.6 Å².